The Morgan fingerprint density at radius 2 is 2.25 bits per heavy atom. The van der Waals surface area contributed by atoms with Crippen LogP contribution in [0.4, 0.5) is 0 Å². The molecule has 6 N–H and O–H groups in total. The van der Waals surface area contributed by atoms with Gasteiger partial charge in [0.15, 0.2) is 11.9 Å². The quantitative estimate of drug-likeness (QED) is 0.518. The number of quaternary nitrogens is 1. The van der Waals surface area contributed by atoms with Crippen molar-refractivity contribution < 1.29 is 20.9 Å². The van der Waals surface area contributed by atoms with Crippen LogP contribution < -0.4 is 10.7 Å². The first-order valence-electron chi connectivity index (χ1n) is 3.82. The van der Waals surface area contributed by atoms with Crippen molar-refractivity contribution in [3.8, 4) is 5.75 Å². The Kier molecular flexibility index (Phi) is 2.62. The topological polar surface area (TPSA) is 82.2 Å². The maximum atomic E-state index is 9.53. The molecule has 0 saturated heterocycles. The van der Waals surface area contributed by atoms with E-state index in [0.29, 0.717) is 23.4 Å². The summed E-state index contributed by atoms with van der Waals surface area (Å²) >= 11 is 0. The summed E-state index contributed by atoms with van der Waals surface area (Å²) in [5, 5.41) is 18.4. The lowest BCUT2D eigenvalue weighted by atomic mass is 10.1. The Bertz CT molecular complexity index is 287. The van der Waals surface area contributed by atoms with E-state index < -0.39 is 0 Å². The average molecular weight is 170 g/mol. The van der Waals surface area contributed by atoms with Crippen LogP contribution in [0.1, 0.15) is 16.8 Å². The molecule has 12 heavy (non-hydrogen) atoms. The van der Waals surface area contributed by atoms with Crippen LogP contribution in [0, 0.1) is 6.92 Å². The van der Waals surface area contributed by atoms with Crippen molar-refractivity contribution in [2.24, 2.45) is 0 Å². The third kappa shape index (κ3) is 1.39. The summed E-state index contributed by atoms with van der Waals surface area (Å²) in [5.74, 6) is 0.205. The fraction of sp³-hybridized carbons (Fsp3) is 0.375. The molecule has 0 unspecified atom stereocenters. The molecule has 0 aliphatic carbocycles. The van der Waals surface area contributed by atoms with Gasteiger partial charge in [0.1, 0.15) is 6.54 Å². The SMILES string of the molecule is Cc1[nH+]cc(CO)c(C[NH3+])c1O. The van der Waals surface area contributed by atoms with Crippen LogP contribution in [0.5, 0.6) is 5.75 Å². The molecule has 0 spiro atoms. The van der Waals surface area contributed by atoms with E-state index in [2.05, 4.69) is 10.7 Å². The molecule has 0 amide bonds. The predicted molar refractivity (Wildman–Crippen MR) is 41.9 cm³/mol. The van der Waals surface area contributed by atoms with Gasteiger partial charge >= 0.3 is 0 Å². The number of aliphatic hydroxyl groups is 1. The largest absolute Gasteiger partial charge is 0.502 e. The van der Waals surface area contributed by atoms with E-state index in [9.17, 15) is 5.11 Å². The number of aromatic nitrogens is 1. The normalized spacial score (nSPS) is 10.2. The summed E-state index contributed by atoms with van der Waals surface area (Å²) in [5.41, 5.74) is 5.80. The average Bonchev–Trinajstić information content (AvgIpc) is 2.09. The number of nitrogens with one attached hydrogen (secondary N) is 1. The van der Waals surface area contributed by atoms with Gasteiger partial charge in [-0.25, -0.2) is 4.98 Å². The molecule has 1 aromatic heterocycles. The van der Waals surface area contributed by atoms with Gasteiger partial charge in [0.25, 0.3) is 0 Å². The number of pyridine rings is 1. The minimum Gasteiger partial charge on any atom is -0.502 e. The fourth-order valence-electron chi connectivity index (χ4n) is 1.15. The maximum Gasteiger partial charge on any atom is 0.219 e. The van der Waals surface area contributed by atoms with Crippen molar-refractivity contribution >= 4 is 0 Å². The summed E-state index contributed by atoms with van der Waals surface area (Å²) in [6.45, 7) is 2.18. The van der Waals surface area contributed by atoms with E-state index in [1.54, 1.807) is 13.1 Å². The number of aliphatic hydroxyl groups excluding tert-OH is 1. The van der Waals surface area contributed by atoms with Gasteiger partial charge in [-0.3, -0.25) is 0 Å². The molecule has 0 atom stereocenters. The number of hydrogen-bond donors (Lipinski definition) is 3. The highest BCUT2D eigenvalue weighted by Crippen LogP contribution is 2.20. The van der Waals surface area contributed by atoms with Crippen molar-refractivity contribution in [1.82, 2.24) is 0 Å². The molecular formula is C8H14N2O2+2. The number of aryl methyl sites for hydroxylation is 1. The van der Waals surface area contributed by atoms with E-state index in [1.165, 1.54) is 0 Å². The highest BCUT2D eigenvalue weighted by Gasteiger charge is 2.14. The predicted octanol–water partition coefficient (Wildman–Crippen LogP) is -1.25. The standard InChI is InChI=1S/C8H12N2O2/c1-5-8(12)7(2-9)6(4-11)3-10-5/h3,11-12H,2,4,9H2,1H3/p+2. The summed E-state index contributed by atoms with van der Waals surface area (Å²) in [6, 6.07) is 0. The van der Waals surface area contributed by atoms with Crippen LogP contribution in [0.2, 0.25) is 0 Å². The first-order valence-corrected chi connectivity index (χ1v) is 3.82. The van der Waals surface area contributed by atoms with Crippen molar-refractivity contribution in [3.05, 3.63) is 23.0 Å². The Morgan fingerprint density at radius 1 is 1.58 bits per heavy atom. The second-order valence-corrected chi connectivity index (χ2v) is 2.67. The van der Waals surface area contributed by atoms with E-state index in [4.69, 9.17) is 5.11 Å². The monoisotopic (exact) mass is 170 g/mol. The van der Waals surface area contributed by atoms with Crippen LogP contribution in [-0.2, 0) is 13.2 Å². The number of aromatic hydroxyl groups is 1. The van der Waals surface area contributed by atoms with Gasteiger partial charge in [0.05, 0.1) is 17.7 Å². The molecule has 4 heteroatoms. The molecule has 1 rings (SSSR count). The van der Waals surface area contributed by atoms with Gasteiger partial charge < -0.3 is 15.9 Å². The lowest BCUT2D eigenvalue weighted by molar-refractivity contribution is -0.397. The minimum atomic E-state index is -0.0742. The van der Waals surface area contributed by atoms with Gasteiger partial charge in [-0.15, -0.1) is 0 Å². The highest BCUT2D eigenvalue weighted by atomic mass is 16.3. The molecule has 0 fully saturated rings. The van der Waals surface area contributed by atoms with E-state index in [1.807, 2.05) is 0 Å². The Hall–Kier alpha value is -1.13. The Morgan fingerprint density at radius 3 is 2.75 bits per heavy atom. The third-order valence-electron chi connectivity index (χ3n) is 1.91. The van der Waals surface area contributed by atoms with Crippen molar-refractivity contribution in [2.75, 3.05) is 0 Å². The second-order valence-electron chi connectivity index (χ2n) is 2.67. The van der Waals surface area contributed by atoms with E-state index >= 15 is 0 Å². The molecule has 0 aliphatic rings. The number of H-pyrrole nitrogens is 1. The molecule has 4 nitrogen and oxygen atoms in total. The van der Waals surface area contributed by atoms with Crippen molar-refractivity contribution in [2.45, 2.75) is 20.1 Å². The lowest BCUT2D eigenvalue weighted by Crippen LogP contribution is -2.48. The van der Waals surface area contributed by atoms with Gasteiger partial charge in [-0.05, 0) is 0 Å². The van der Waals surface area contributed by atoms with Gasteiger partial charge in [-0.1, -0.05) is 0 Å². The van der Waals surface area contributed by atoms with Crippen molar-refractivity contribution in [3.63, 3.8) is 0 Å². The molecule has 1 heterocycles. The maximum absolute atomic E-state index is 9.53. The number of aromatic amines is 1. The zero-order valence-electron chi connectivity index (χ0n) is 7.09. The summed E-state index contributed by atoms with van der Waals surface area (Å²) in [7, 11) is 0. The summed E-state index contributed by atoms with van der Waals surface area (Å²) < 4.78 is 0. The van der Waals surface area contributed by atoms with Crippen LogP contribution in [-0.4, -0.2) is 10.2 Å². The van der Waals surface area contributed by atoms with E-state index in [-0.39, 0.29) is 12.4 Å². The molecule has 0 radical (unpaired) electrons. The van der Waals surface area contributed by atoms with Crippen LogP contribution in [0.25, 0.3) is 0 Å². The van der Waals surface area contributed by atoms with Gasteiger partial charge in [0, 0.05) is 6.92 Å². The van der Waals surface area contributed by atoms with Gasteiger partial charge in [0.2, 0.25) is 5.69 Å². The van der Waals surface area contributed by atoms with E-state index in [0.717, 1.165) is 0 Å². The Balaban J connectivity index is 3.25. The van der Waals surface area contributed by atoms with Crippen LogP contribution in [0.15, 0.2) is 6.20 Å². The third-order valence-corrected chi connectivity index (χ3v) is 1.91. The second kappa shape index (κ2) is 3.51. The van der Waals surface area contributed by atoms with Crippen LogP contribution >= 0.6 is 0 Å². The molecule has 66 valence electrons. The number of rotatable bonds is 2. The zero-order valence-corrected chi connectivity index (χ0v) is 7.09. The van der Waals surface area contributed by atoms with Crippen molar-refractivity contribution in [1.29, 1.82) is 0 Å². The Labute approximate surface area is 70.7 Å². The molecule has 0 saturated carbocycles. The van der Waals surface area contributed by atoms with Gasteiger partial charge in [-0.2, -0.15) is 0 Å². The fourth-order valence-corrected chi connectivity index (χ4v) is 1.15. The lowest BCUT2D eigenvalue weighted by Gasteiger charge is -2.02. The molecule has 0 aromatic carbocycles. The van der Waals surface area contributed by atoms with Crippen LogP contribution in [0.3, 0.4) is 0 Å². The molecule has 0 aliphatic heterocycles. The molecule has 0 bridgehead atoms. The molecular weight excluding hydrogens is 156 g/mol. The first-order chi connectivity index (χ1) is 5.70. The highest BCUT2D eigenvalue weighted by molar-refractivity contribution is 5.36. The summed E-state index contributed by atoms with van der Waals surface area (Å²) in [4.78, 5) is 2.86. The molecule has 1 aromatic rings. The number of hydrogen-bond acceptors (Lipinski definition) is 2. The smallest absolute Gasteiger partial charge is 0.219 e. The first kappa shape index (κ1) is 8.96. The minimum absolute atomic E-state index is 0.0742. The zero-order chi connectivity index (χ0) is 9.14. The summed E-state index contributed by atoms with van der Waals surface area (Å²) in [6.07, 6.45) is 1.69.